The molecule has 1 aliphatic heterocycles. The summed E-state index contributed by atoms with van der Waals surface area (Å²) in [5, 5.41) is 4.86. The van der Waals surface area contributed by atoms with Gasteiger partial charge in [-0.2, -0.15) is 9.61 Å². The third-order valence-electron chi connectivity index (χ3n) is 6.29. The Kier molecular flexibility index (Phi) is 5.43. The van der Waals surface area contributed by atoms with Gasteiger partial charge < -0.3 is 14.6 Å². The number of nitrogens with one attached hydrogen (secondary N) is 1. The van der Waals surface area contributed by atoms with Gasteiger partial charge >= 0.3 is 0 Å². The van der Waals surface area contributed by atoms with Gasteiger partial charge in [-0.15, -0.1) is 0 Å². The van der Waals surface area contributed by atoms with E-state index in [9.17, 15) is 4.79 Å². The topological polar surface area (TPSA) is 62.6 Å². The van der Waals surface area contributed by atoms with Crippen molar-refractivity contribution in [2.75, 3.05) is 25.1 Å². The second-order valence-electron chi connectivity index (χ2n) is 8.24. The lowest BCUT2D eigenvalue weighted by atomic mass is 10.0. The van der Waals surface area contributed by atoms with Gasteiger partial charge in [-0.3, -0.25) is 4.79 Å². The van der Waals surface area contributed by atoms with Gasteiger partial charge in [0.1, 0.15) is 17.1 Å². The van der Waals surface area contributed by atoms with E-state index in [-0.39, 0.29) is 5.56 Å². The Morgan fingerprint density at radius 2 is 1.69 bits per heavy atom. The maximum Gasteiger partial charge on any atom is 0.282 e. The highest BCUT2D eigenvalue weighted by Crippen LogP contribution is 2.35. The summed E-state index contributed by atoms with van der Waals surface area (Å²) in [7, 11) is 1.64. The zero-order valence-electron chi connectivity index (χ0n) is 18.6. The minimum Gasteiger partial charge on any atom is -0.497 e. The number of anilines is 1. The van der Waals surface area contributed by atoms with Gasteiger partial charge in [0.2, 0.25) is 0 Å². The van der Waals surface area contributed by atoms with Crippen LogP contribution in [0.5, 0.6) is 5.75 Å². The molecule has 2 aromatic heterocycles. The first-order valence-corrected chi connectivity index (χ1v) is 11.3. The zero-order valence-corrected chi connectivity index (χ0v) is 18.6. The number of benzene rings is 2. The molecule has 5 rings (SSSR count). The van der Waals surface area contributed by atoms with Crippen LogP contribution < -0.4 is 15.2 Å². The van der Waals surface area contributed by atoms with Crippen molar-refractivity contribution in [3.8, 4) is 28.1 Å². The Balaban J connectivity index is 1.77. The lowest BCUT2D eigenvalue weighted by molar-refractivity contribution is 0.415. The molecule has 0 amide bonds. The van der Waals surface area contributed by atoms with Crippen LogP contribution in [0, 0.1) is 0 Å². The fourth-order valence-corrected chi connectivity index (χ4v) is 4.64. The highest BCUT2D eigenvalue weighted by molar-refractivity contribution is 5.87. The van der Waals surface area contributed by atoms with Crippen molar-refractivity contribution in [2.24, 2.45) is 0 Å². The van der Waals surface area contributed by atoms with Crippen LogP contribution in [0.2, 0.25) is 0 Å². The number of piperidine rings is 1. The van der Waals surface area contributed by atoms with E-state index in [2.05, 4.69) is 28.9 Å². The van der Waals surface area contributed by atoms with E-state index < -0.39 is 0 Å². The van der Waals surface area contributed by atoms with Crippen LogP contribution in [0.15, 0.2) is 59.4 Å². The Labute approximate surface area is 187 Å². The van der Waals surface area contributed by atoms with E-state index in [0.717, 1.165) is 72.0 Å². The fourth-order valence-electron chi connectivity index (χ4n) is 4.64. The average molecular weight is 429 g/mol. The van der Waals surface area contributed by atoms with Crippen molar-refractivity contribution >= 4 is 11.3 Å². The molecular formula is C26H28N4O2. The van der Waals surface area contributed by atoms with Crippen LogP contribution in [0.4, 0.5) is 5.69 Å². The minimum atomic E-state index is -0.0961. The average Bonchev–Trinajstić information content (AvgIpc) is 3.25. The monoisotopic (exact) mass is 428 g/mol. The van der Waals surface area contributed by atoms with E-state index >= 15 is 0 Å². The molecular weight excluding hydrogens is 400 g/mol. The molecule has 0 bridgehead atoms. The number of fused-ring (bicyclic) bond motifs is 1. The van der Waals surface area contributed by atoms with Crippen molar-refractivity contribution in [3.63, 3.8) is 0 Å². The summed E-state index contributed by atoms with van der Waals surface area (Å²) in [5.41, 5.74) is 6.04. The molecule has 6 heteroatoms. The molecule has 0 radical (unpaired) electrons. The first-order chi connectivity index (χ1) is 15.7. The largest absolute Gasteiger partial charge is 0.497 e. The van der Waals surface area contributed by atoms with E-state index in [1.807, 2.05) is 42.5 Å². The van der Waals surface area contributed by atoms with E-state index in [4.69, 9.17) is 9.84 Å². The van der Waals surface area contributed by atoms with Gasteiger partial charge in [0.05, 0.1) is 12.7 Å². The first-order valence-electron chi connectivity index (χ1n) is 11.3. The summed E-state index contributed by atoms with van der Waals surface area (Å²) in [6.07, 6.45) is 4.27. The van der Waals surface area contributed by atoms with E-state index in [1.165, 1.54) is 6.42 Å². The van der Waals surface area contributed by atoms with Gasteiger partial charge in [0.25, 0.3) is 5.56 Å². The number of rotatable bonds is 5. The molecule has 0 unspecified atom stereocenters. The standard InChI is InChI=1S/C26H28N4O2/c1-3-21-22(18-12-14-20(32-2)15-13-18)26(31)30-25(27-21)24(29-16-8-5-9-17-29)23(28-30)19-10-6-4-7-11-19/h4,6-7,10-15,27H,3,5,8-9,16-17H2,1-2H3. The predicted molar refractivity (Wildman–Crippen MR) is 129 cm³/mol. The van der Waals surface area contributed by atoms with Crippen LogP contribution in [0.1, 0.15) is 31.9 Å². The number of aryl methyl sites for hydroxylation is 1. The summed E-state index contributed by atoms with van der Waals surface area (Å²) in [4.78, 5) is 19.8. The molecule has 6 nitrogen and oxygen atoms in total. The molecule has 3 heterocycles. The molecule has 4 aromatic rings. The molecule has 1 N–H and O–H groups in total. The summed E-state index contributed by atoms with van der Waals surface area (Å²) < 4.78 is 6.85. The van der Waals surface area contributed by atoms with Crippen LogP contribution in [-0.4, -0.2) is 34.8 Å². The smallest absolute Gasteiger partial charge is 0.282 e. The molecule has 164 valence electrons. The number of hydrogen-bond acceptors (Lipinski definition) is 4. The van der Waals surface area contributed by atoms with Crippen molar-refractivity contribution < 1.29 is 4.74 Å². The van der Waals surface area contributed by atoms with Crippen molar-refractivity contribution in [1.29, 1.82) is 0 Å². The van der Waals surface area contributed by atoms with Gasteiger partial charge in [0, 0.05) is 24.3 Å². The first kappa shape index (κ1) is 20.4. The van der Waals surface area contributed by atoms with Gasteiger partial charge in [0.15, 0.2) is 5.65 Å². The molecule has 0 atom stereocenters. The van der Waals surface area contributed by atoms with E-state index in [0.29, 0.717) is 5.56 Å². The Morgan fingerprint density at radius 1 is 0.969 bits per heavy atom. The van der Waals surface area contributed by atoms with Crippen LogP contribution >= 0.6 is 0 Å². The number of ether oxygens (including phenoxy) is 1. The Hall–Kier alpha value is -3.54. The molecule has 2 aromatic carbocycles. The summed E-state index contributed by atoms with van der Waals surface area (Å²) >= 11 is 0. The van der Waals surface area contributed by atoms with Crippen LogP contribution in [0.25, 0.3) is 28.0 Å². The van der Waals surface area contributed by atoms with Crippen molar-refractivity contribution in [2.45, 2.75) is 32.6 Å². The van der Waals surface area contributed by atoms with Crippen molar-refractivity contribution in [3.05, 3.63) is 70.6 Å². The van der Waals surface area contributed by atoms with Crippen molar-refractivity contribution in [1.82, 2.24) is 14.6 Å². The quantitative estimate of drug-likeness (QED) is 0.490. The lowest BCUT2D eigenvalue weighted by Crippen LogP contribution is -2.30. The zero-order chi connectivity index (χ0) is 22.1. The van der Waals surface area contributed by atoms with Crippen LogP contribution in [-0.2, 0) is 6.42 Å². The van der Waals surface area contributed by atoms with E-state index in [1.54, 1.807) is 11.6 Å². The molecule has 0 spiro atoms. The summed E-state index contributed by atoms with van der Waals surface area (Å²) in [6, 6.07) is 17.8. The maximum absolute atomic E-state index is 13.8. The third kappa shape index (κ3) is 3.45. The SMILES string of the molecule is CCc1[nH]c2c(N3CCCCC3)c(-c3ccccc3)nn2c(=O)c1-c1ccc(OC)cc1. The highest BCUT2D eigenvalue weighted by Gasteiger charge is 2.25. The van der Waals surface area contributed by atoms with Gasteiger partial charge in [-0.05, 0) is 43.4 Å². The van der Waals surface area contributed by atoms with Gasteiger partial charge in [-0.1, -0.05) is 49.4 Å². The predicted octanol–water partition coefficient (Wildman–Crippen LogP) is 4.92. The molecule has 1 fully saturated rings. The van der Waals surface area contributed by atoms with Crippen LogP contribution in [0.3, 0.4) is 0 Å². The molecule has 1 aliphatic rings. The fraction of sp³-hybridized carbons (Fsp3) is 0.308. The Bertz CT molecular complexity index is 1280. The van der Waals surface area contributed by atoms with Gasteiger partial charge in [-0.25, -0.2) is 0 Å². The second-order valence-corrected chi connectivity index (χ2v) is 8.24. The molecule has 32 heavy (non-hydrogen) atoms. The number of aromatic amines is 1. The number of hydrogen-bond donors (Lipinski definition) is 1. The Morgan fingerprint density at radius 3 is 2.34 bits per heavy atom. The second kappa shape index (κ2) is 8.54. The molecule has 0 saturated carbocycles. The third-order valence-corrected chi connectivity index (χ3v) is 6.29. The maximum atomic E-state index is 13.8. The summed E-state index contributed by atoms with van der Waals surface area (Å²) in [5.74, 6) is 0.766. The highest BCUT2D eigenvalue weighted by atomic mass is 16.5. The lowest BCUT2D eigenvalue weighted by Gasteiger charge is -2.28. The number of H-pyrrole nitrogens is 1. The number of nitrogens with zero attached hydrogens (tertiary/aromatic N) is 3. The molecule has 0 aliphatic carbocycles. The normalized spacial score (nSPS) is 14.1. The number of methoxy groups -OCH3 is 1. The molecule has 1 saturated heterocycles. The summed E-state index contributed by atoms with van der Waals surface area (Å²) in [6.45, 7) is 4.03. The minimum absolute atomic E-state index is 0.0961. The number of aromatic nitrogens is 3.